The zero-order valence-corrected chi connectivity index (χ0v) is 9.96. The largest absolute Gasteiger partial charge is 0.411 e. The van der Waals surface area contributed by atoms with E-state index < -0.39 is 18.3 Å². The summed E-state index contributed by atoms with van der Waals surface area (Å²) in [5.41, 5.74) is 7.95. The molecule has 1 aliphatic carbocycles. The summed E-state index contributed by atoms with van der Waals surface area (Å²) >= 11 is 0. The fourth-order valence-corrected chi connectivity index (χ4v) is 2.42. The first-order valence-corrected chi connectivity index (χ1v) is 5.92. The van der Waals surface area contributed by atoms with Crippen LogP contribution < -0.4 is 5.73 Å². The Balaban J connectivity index is 1.90. The average molecular weight is 259 g/mol. The Morgan fingerprint density at radius 1 is 1.28 bits per heavy atom. The van der Waals surface area contributed by atoms with Crippen molar-refractivity contribution in [3.8, 4) is 0 Å². The molecule has 0 amide bonds. The van der Waals surface area contributed by atoms with Gasteiger partial charge in [-0.25, -0.2) is 0 Å². The Kier molecular flexibility index (Phi) is 3.64. The molecule has 0 aliphatic heterocycles. The lowest BCUT2D eigenvalue weighted by atomic mass is 9.90. The maximum atomic E-state index is 11.9. The molecular formula is C13H16F3NO. The van der Waals surface area contributed by atoms with Crippen LogP contribution in [0.25, 0.3) is 0 Å². The molecule has 0 aromatic heterocycles. The Bertz CT molecular complexity index is 419. The molecule has 1 aliphatic rings. The van der Waals surface area contributed by atoms with Gasteiger partial charge in [0.15, 0.2) is 0 Å². The molecule has 0 radical (unpaired) electrons. The first kappa shape index (κ1) is 13.4. The highest BCUT2D eigenvalue weighted by atomic mass is 19.4. The minimum Gasteiger partial charge on any atom is -0.372 e. The molecule has 0 bridgehead atoms. The molecule has 0 fully saturated rings. The van der Waals surface area contributed by atoms with E-state index in [4.69, 9.17) is 5.73 Å². The molecule has 100 valence electrons. The van der Waals surface area contributed by atoms with E-state index in [0.29, 0.717) is 6.42 Å². The van der Waals surface area contributed by atoms with E-state index in [1.54, 1.807) is 0 Å². The van der Waals surface area contributed by atoms with E-state index in [1.807, 2.05) is 24.3 Å². The minimum atomic E-state index is -4.27. The number of nitrogens with two attached hydrogens (primary N) is 1. The third-order valence-electron chi connectivity index (χ3n) is 3.35. The van der Waals surface area contributed by atoms with Gasteiger partial charge in [0.05, 0.1) is 0 Å². The van der Waals surface area contributed by atoms with Crippen LogP contribution in [-0.4, -0.2) is 19.4 Å². The van der Waals surface area contributed by atoms with Crippen LogP contribution in [0, 0.1) is 0 Å². The first-order chi connectivity index (χ1) is 8.41. The third-order valence-corrected chi connectivity index (χ3v) is 3.35. The number of alkyl halides is 3. The van der Waals surface area contributed by atoms with Crippen molar-refractivity contribution >= 4 is 0 Å². The summed E-state index contributed by atoms with van der Waals surface area (Å²) in [6.45, 7) is -1.17. The zero-order chi connectivity index (χ0) is 13.2. The summed E-state index contributed by atoms with van der Waals surface area (Å²) in [6, 6.07) is 7.82. The van der Waals surface area contributed by atoms with Gasteiger partial charge in [0.2, 0.25) is 0 Å². The van der Waals surface area contributed by atoms with Crippen LogP contribution in [0.1, 0.15) is 24.0 Å². The van der Waals surface area contributed by atoms with Gasteiger partial charge < -0.3 is 10.5 Å². The van der Waals surface area contributed by atoms with Crippen LogP contribution in [-0.2, 0) is 16.7 Å². The summed E-state index contributed by atoms with van der Waals surface area (Å²) in [4.78, 5) is 0. The Morgan fingerprint density at radius 3 is 2.72 bits per heavy atom. The average Bonchev–Trinajstić information content (AvgIpc) is 2.63. The van der Waals surface area contributed by atoms with Crippen molar-refractivity contribution in [1.29, 1.82) is 0 Å². The Morgan fingerprint density at radius 2 is 2.00 bits per heavy atom. The summed E-state index contributed by atoms with van der Waals surface area (Å²) in [6.07, 6.45) is -2.21. The van der Waals surface area contributed by atoms with Crippen molar-refractivity contribution in [3.63, 3.8) is 0 Å². The molecule has 2 N–H and O–H groups in total. The number of benzene rings is 1. The quantitative estimate of drug-likeness (QED) is 0.844. The summed E-state index contributed by atoms with van der Waals surface area (Å²) < 4.78 is 40.4. The molecule has 18 heavy (non-hydrogen) atoms. The van der Waals surface area contributed by atoms with Gasteiger partial charge in [-0.05, 0) is 30.4 Å². The zero-order valence-electron chi connectivity index (χ0n) is 9.96. The fourth-order valence-electron chi connectivity index (χ4n) is 2.42. The predicted molar refractivity (Wildman–Crippen MR) is 62.1 cm³/mol. The second kappa shape index (κ2) is 4.90. The highest BCUT2D eigenvalue weighted by Gasteiger charge is 2.35. The smallest absolute Gasteiger partial charge is 0.372 e. The van der Waals surface area contributed by atoms with E-state index in [-0.39, 0.29) is 6.61 Å². The number of hydrogen-bond acceptors (Lipinski definition) is 2. The highest BCUT2D eigenvalue weighted by Crippen LogP contribution is 2.37. The van der Waals surface area contributed by atoms with Crippen LogP contribution in [0.3, 0.4) is 0 Å². The molecule has 0 saturated heterocycles. The van der Waals surface area contributed by atoms with Gasteiger partial charge in [0.1, 0.15) is 6.61 Å². The van der Waals surface area contributed by atoms with Crippen molar-refractivity contribution in [2.75, 3.05) is 13.2 Å². The summed E-state index contributed by atoms with van der Waals surface area (Å²) in [7, 11) is 0. The van der Waals surface area contributed by atoms with Gasteiger partial charge in [0, 0.05) is 12.1 Å². The molecular weight excluding hydrogens is 243 g/mol. The molecule has 1 aromatic carbocycles. The number of rotatable bonds is 4. The van der Waals surface area contributed by atoms with Crippen molar-refractivity contribution in [2.45, 2.75) is 31.0 Å². The summed E-state index contributed by atoms with van der Waals surface area (Å²) in [5, 5.41) is 0. The SMILES string of the molecule is NC1(CCOCC(F)(F)F)CCc2ccccc21. The number of aryl methyl sites for hydroxylation is 1. The van der Waals surface area contributed by atoms with Crippen molar-refractivity contribution in [1.82, 2.24) is 0 Å². The van der Waals surface area contributed by atoms with Crippen molar-refractivity contribution < 1.29 is 17.9 Å². The van der Waals surface area contributed by atoms with E-state index >= 15 is 0 Å². The topological polar surface area (TPSA) is 35.2 Å². The molecule has 0 heterocycles. The molecule has 0 spiro atoms. The Labute approximate surface area is 104 Å². The first-order valence-electron chi connectivity index (χ1n) is 5.92. The molecule has 1 aromatic rings. The van der Waals surface area contributed by atoms with Gasteiger partial charge in [-0.3, -0.25) is 0 Å². The lowest BCUT2D eigenvalue weighted by Gasteiger charge is -2.25. The highest BCUT2D eigenvalue weighted by molar-refractivity contribution is 5.38. The van der Waals surface area contributed by atoms with Crippen LogP contribution in [0.5, 0.6) is 0 Å². The van der Waals surface area contributed by atoms with Gasteiger partial charge in [-0.2, -0.15) is 13.2 Å². The maximum absolute atomic E-state index is 11.9. The van der Waals surface area contributed by atoms with Gasteiger partial charge in [0.25, 0.3) is 0 Å². The van der Waals surface area contributed by atoms with Gasteiger partial charge in [-0.1, -0.05) is 24.3 Å². The molecule has 1 unspecified atom stereocenters. The maximum Gasteiger partial charge on any atom is 0.411 e. The van der Waals surface area contributed by atoms with Crippen LogP contribution >= 0.6 is 0 Å². The van der Waals surface area contributed by atoms with Gasteiger partial charge in [-0.15, -0.1) is 0 Å². The van der Waals surface area contributed by atoms with E-state index in [2.05, 4.69) is 4.74 Å². The molecule has 2 nitrogen and oxygen atoms in total. The number of fused-ring (bicyclic) bond motifs is 1. The second-order valence-electron chi connectivity index (χ2n) is 4.73. The molecule has 5 heteroatoms. The lowest BCUT2D eigenvalue weighted by Crippen LogP contribution is -2.35. The normalized spacial score (nSPS) is 23.1. The van der Waals surface area contributed by atoms with Crippen LogP contribution in [0.15, 0.2) is 24.3 Å². The molecule has 2 rings (SSSR count). The lowest BCUT2D eigenvalue weighted by molar-refractivity contribution is -0.174. The third kappa shape index (κ3) is 3.03. The van der Waals surface area contributed by atoms with Crippen LogP contribution in [0.2, 0.25) is 0 Å². The Hall–Kier alpha value is -1.07. The number of halogens is 3. The van der Waals surface area contributed by atoms with E-state index in [1.165, 1.54) is 5.56 Å². The summed E-state index contributed by atoms with van der Waals surface area (Å²) in [5.74, 6) is 0. The monoisotopic (exact) mass is 259 g/mol. The van der Waals surface area contributed by atoms with Crippen molar-refractivity contribution in [3.05, 3.63) is 35.4 Å². The minimum absolute atomic E-state index is 0.0321. The predicted octanol–water partition coefficient (Wildman–Crippen LogP) is 2.76. The van der Waals surface area contributed by atoms with Crippen LogP contribution in [0.4, 0.5) is 13.2 Å². The molecule has 1 atom stereocenters. The molecule has 0 saturated carbocycles. The standard InChI is InChI=1S/C13H16F3NO/c14-13(15,16)9-18-8-7-12(17)6-5-10-3-1-2-4-11(10)12/h1-4H,5-9,17H2. The number of ether oxygens (including phenoxy) is 1. The van der Waals surface area contributed by atoms with E-state index in [0.717, 1.165) is 18.4 Å². The van der Waals surface area contributed by atoms with Gasteiger partial charge >= 0.3 is 6.18 Å². The van der Waals surface area contributed by atoms with E-state index in [9.17, 15) is 13.2 Å². The second-order valence-corrected chi connectivity index (χ2v) is 4.73. The van der Waals surface area contributed by atoms with Crippen molar-refractivity contribution in [2.24, 2.45) is 5.73 Å². The number of hydrogen-bond donors (Lipinski definition) is 1. The fraction of sp³-hybridized carbons (Fsp3) is 0.538.